The van der Waals surface area contributed by atoms with E-state index in [0.29, 0.717) is 12.4 Å². The van der Waals surface area contributed by atoms with Crippen LogP contribution in [0.5, 0.6) is 0 Å². The van der Waals surface area contributed by atoms with Gasteiger partial charge in [-0.05, 0) is 32.6 Å². The van der Waals surface area contributed by atoms with E-state index in [-0.39, 0.29) is 23.3 Å². The summed E-state index contributed by atoms with van der Waals surface area (Å²) in [5.74, 6) is 0.349. The molecule has 0 saturated heterocycles. The number of hydrogen-bond acceptors (Lipinski definition) is 6. The molecule has 1 aliphatic rings. The summed E-state index contributed by atoms with van der Waals surface area (Å²) in [4.78, 5) is 16.9. The van der Waals surface area contributed by atoms with E-state index in [9.17, 15) is 10.1 Å². The first-order chi connectivity index (χ1) is 10.1. The van der Waals surface area contributed by atoms with Gasteiger partial charge in [-0.2, -0.15) is 5.26 Å². The van der Waals surface area contributed by atoms with Gasteiger partial charge in [0.1, 0.15) is 6.07 Å². The predicted octanol–water partition coefficient (Wildman–Crippen LogP) is 1.96. The van der Waals surface area contributed by atoms with Crippen LogP contribution in [0.3, 0.4) is 0 Å². The molecular formula is C14H19N5O2. The summed E-state index contributed by atoms with van der Waals surface area (Å²) in [6.45, 7) is 2.60. The van der Waals surface area contributed by atoms with Crippen LogP contribution >= 0.6 is 0 Å². The van der Waals surface area contributed by atoms with Gasteiger partial charge in [-0.15, -0.1) is 0 Å². The molecule has 2 rings (SSSR count). The van der Waals surface area contributed by atoms with Crippen LogP contribution in [0, 0.1) is 21.4 Å². The standard InChI is InChI=1S/C14H19N5O2/c1-2-18(12-5-3-11(16)4-6-12)14-13(19(20)21)7-10(8-15)9-17-14/h7,9,11-12H,2-6,16H2,1H3. The van der Waals surface area contributed by atoms with Crippen molar-refractivity contribution in [1.29, 1.82) is 5.26 Å². The molecule has 21 heavy (non-hydrogen) atoms. The number of pyridine rings is 1. The Morgan fingerprint density at radius 2 is 2.19 bits per heavy atom. The van der Waals surface area contributed by atoms with E-state index in [1.54, 1.807) is 0 Å². The van der Waals surface area contributed by atoms with Gasteiger partial charge in [-0.25, -0.2) is 4.98 Å². The minimum atomic E-state index is -0.472. The van der Waals surface area contributed by atoms with E-state index in [0.717, 1.165) is 25.7 Å². The van der Waals surface area contributed by atoms with Gasteiger partial charge >= 0.3 is 5.69 Å². The minimum Gasteiger partial charge on any atom is -0.348 e. The van der Waals surface area contributed by atoms with E-state index in [2.05, 4.69) is 4.98 Å². The van der Waals surface area contributed by atoms with Gasteiger partial charge in [-0.1, -0.05) is 0 Å². The fourth-order valence-corrected chi connectivity index (χ4v) is 2.86. The molecule has 1 aromatic heterocycles. The zero-order valence-corrected chi connectivity index (χ0v) is 12.0. The molecule has 0 aliphatic heterocycles. The predicted molar refractivity (Wildman–Crippen MR) is 78.9 cm³/mol. The lowest BCUT2D eigenvalue weighted by atomic mass is 9.90. The summed E-state index contributed by atoms with van der Waals surface area (Å²) < 4.78 is 0. The quantitative estimate of drug-likeness (QED) is 0.670. The Morgan fingerprint density at radius 1 is 1.52 bits per heavy atom. The number of hydrogen-bond donors (Lipinski definition) is 1. The van der Waals surface area contributed by atoms with Crippen molar-refractivity contribution < 1.29 is 4.92 Å². The van der Waals surface area contributed by atoms with E-state index in [4.69, 9.17) is 11.0 Å². The molecule has 2 N–H and O–H groups in total. The second kappa shape index (κ2) is 6.50. The van der Waals surface area contributed by atoms with Crippen molar-refractivity contribution in [2.24, 2.45) is 5.73 Å². The number of anilines is 1. The highest BCUT2D eigenvalue weighted by atomic mass is 16.6. The number of rotatable bonds is 4. The summed E-state index contributed by atoms with van der Waals surface area (Å²) in [5, 5.41) is 20.1. The average Bonchev–Trinajstić information content (AvgIpc) is 2.50. The van der Waals surface area contributed by atoms with Crippen molar-refractivity contribution in [3.8, 4) is 6.07 Å². The van der Waals surface area contributed by atoms with Crippen LogP contribution in [0.1, 0.15) is 38.2 Å². The first-order valence-corrected chi connectivity index (χ1v) is 7.13. The molecule has 1 heterocycles. The van der Waals surface area contributed by atoms with Gasteiger partial charge in [0.05, 0.1) is 10.5 Å². The fourth-order valence-electron chi connectivity index (χ4n) is 2.86. The Balaban J connectivity index is 2.33. The molecule has 0 spiro atoms. The van der Waals surface area contributed by atoms with Gasteiger partial charge in [-0.3, -0.25) is 10.1 Å². The maximum atomic E-state index is 11.3. The van der Waals surface area contributed by atoms with Gasteiger partial charge in [0, 0.05) is 30.9 Å². The summed E-state index contributed by atoms with van der Waals surface area (Å²) in [6, 6.07) is 3.62. The Bertz CT molecular complexity index is 561. The van der Waals surface area contributed by atoms with Crippen molar-refractivity contribution in [2.45, 2.75) is 44.7 Å². The first-order valence-electron chi connectivity index (χ1n) is 7.13. The van der Waals surface area contributed by atoms with Crippen LogP contribution < -0.4 is 10.6 Å². The molecule has 0 aromatic carbocycles. The Kier molecular flexibility index (Phi) is 4.70. The summed E-state index contributed by atoms with van der Waals surface area (Å²) in [5.41, 5.74) is 6.01. The highest BCUT2D eigenvalue weighted by Crippen LogP contribution is 2.32. The van der Waals surface area contributed by atoms with Gasteiger partial charge in [0.25, 0.3) is 0 Å². The van der Waals surface area contributed by atoms with Crippen LogP contribution in [0.25, 0.3) is 0 Å². The van der Waals surface area contributed by atoms with Crippen LogP contribution in [0.15, 0.2) is 12.3 Å². The van der Waals surface area contributed by atoms with Crippen molar-refractivity contribution in [2.75, 3.05) is 11.4 Å². The molecule has 112 valence electrons. The van der Waals surface area contributed by atoms with Gasteiger partial charge in [0.2, 0.25) is 5.82 Å². The third kappa shape index (κ3) is 3.28. The number of nitriles is 1. The molecule has 7 heteroatoms. The molecule has 1 aliphatic carbocycles. The largest absolute Gasteiger partial charge is 0.348 e. The second-order valence-electron chi connectivity index (χ2n) is 5.29. The summed E-state index contributed by atoms with van der Waals surface area (Å²) in [7, 11) is 0. The molecule has 1 fully saturated rings. The molecular weight excluding hydrogens is 270 g/mol. The SMILES string of the molecule is CCN(c1ncc(C#N)cc1[N+](=O)[O-])C1CCC(N)CC1. The Hall–Kier alpha value is -2.20. The van der Waals surface area contributed by atoms with Crippen molar-refractivity contribution in [1.82, 2.24) is 4.98 Å². The smallest absolute Gasteiger partial charge is 0.312 e. The molecule has 0 radical (unpaired) electrons. The number of nitrogens with zero attached hydrogens (tertiary/aromatic N) is 4. The molecule has 1 aromatic rings. The second-order valence-corrected chi connectivity index (χ2v) is 5.29. The molecule has 0 bridgehead atoms. The number of nitro groups is 1. The maximum absolute atomic E-state index is 11.3. The maximum Gasteiger partial charge on any atom is 0.312 e. The average molecular weight is 289 g/mol. The van der Waals surface area contributed by atoms with Crippen molar-refractivity contribution in [3.63, 3.8) is 0 Å². The minimum absolute atomic E-state index is 0.106. The van der Waals surface area contributed by atoms with E-state index in [1.165, 1.54) is 12.3 Å². The van der Waals surface area contributed by atoms with Crippen LogP contribution in [0.4, 0.5) is 11.5 Å². The fraction of sp³-hybridized carbons (Fsp3) is 0.571. The Morgan fingerprint density at radius 3 is 2.71 bits per heavy atom. The van der Waals surface area contributed by atoms with Gasteiger partial charge < -0.3 is 10.6 Å². The number of aromatic nitrogens is 1. The lowest BCUT2D eigenvalue weighted by molar-refractivity contribution is -0.384. The molecule has 0 amide bonds. The monoisotopic (exact) mass is 289 g/mol. The summed E-state index contributed by atoms with van der Waals surface area (Å²) >= 11 is 0. The lowest BCUT2D eigenvalue weighted by Crippen LogP contribution is -2.41. The van der Waals surface area contributed by atoms with Gasteiger partial charge in [0.15, 0.2) is 0 Å². The highest BCUT2D eigenvalue weighted by Gasteiger charge is 2.29. The third-order valence-corrected chi connectivity index (χ3v) is 3.97. The third-order valence-electron chi connectivity index (χ3n) is 3.97. The zero-order valence-electron chi connectivity index (χ0n) is 12.0. The van der Waals surface area contributed by atoms with Crippen LogP contribution in [0.2, 0.25) is 0 Å². The van der Waals surface area contributed by atoms with Crippen molar-refractivity contribution in [3.05, 3.63) is 27.9 Å². The highest BCUT2D eigenvalue weighted by molar-refractivity contribution is 5.60. The normalized spacial score (nSPS) is 21.6. The molecule has 1 saturated carbocycles. The van der Waals surface area contributed by atoms with E-state index in [1.807, 2.05) is 17.9 Å². The molecule has 0 atom stereocenters. The topological polar surface area (TPSA) is 109 Å². The van der Waals surface area contributed by atoms with E-state index >= 15 is 0 Å². The molecule has 0 unspecified atom stereocenters. The van der Waals surface area contributed by atoms with Crippen LogP contribution in [-0.4, -0.2) is 28.5 Å². The van der Waals surface area contributed by atoms with E-state index < -0.39 is 4.92 Å². The Labute approximate surface area is 123 Å². The zero-order chi connectivity index (χ0) is 15.4. The first kappa shape index (κ1) is 15.2. The lowest BCUT2D eigenvalue weighted by Gasteiger charge is -2.35. The van der Waals surface area contributed by atoms with Crippen LogP contribution in [-0.2, 0) is 0 Å². The van der Waals surface area contributed by atoms with Crippen molar-refractivity contribution >= 4 is 11.5 Å². The summed E-state index contributed by atoms with van der Waals surface area (Å²) in [6.07, 6.45) is 5.05. The molecule has 7 nitrogen and oxygen atoms in total. The number of nitrogens with two attached hydrogens (primary N) is 1.